The Morgan fingerprint density at radius 2 is 1.82 bits per heavy atom. The molecule has 0 bridgehead atoms. The summed E-state index contributed by atoms with van der Waals surface area (Å²) in [4.78, 5) is 2.58. The summed E-state index contributed by atoms with van der Waals surface area (Å²) in [6.07, 6.45) is 2.51. The van der Waals surface area contributed by atoms with E-state index in [9.17, 15) is 0 Å². The molecule has 2 nitrogen and oxygen atoms in total. The lowest BCUT2D eigenvalue weighted by molar-refractivity contribution is 0.159. The van der Waals surface area contributed by atoms with Crippen molar-refractivity contribution in [2.75, 3.05) is 32.7 Å². The summed E-state index contributed by atoms with van der Waals surface area (Å²) in [6.45, 7) is 19.7. The summed E-state index contributed by atoms with van der Waals surface area (Å²) in [5.41, 5.74) is 0.417. The molecule has 0 saturated carbocycles. The third-order valence-corrected chi connectivity index (χ3v) is 3.55. The van der Waals surface area contributed by atoms with Crippen LogP contribution in [0, 0.1) is 11.3 Å². The Balaban J connectivity index is 4.14. The van der Waals surface area contributed by atoms with Crippen molar-refractivity contribution >= 4 is 0 Å². The van der Waals surface area contributed by atoms with Gasteiger partial charge in [0.05, 0.1) is 0 Å². The zero-order valence-electron chi connectivity index (χ0n) is 13.0. The monoisotopic (exact) mass is 242 g/mol. The maximum absolute atomic E-state index is 3.62. The largest absolute Gasteiger partial charge is 0.316 e. The van der Waals surface area contributed by atoms with Gasteiger partial charge in [-0.2, -0.15) is 0 Å². The first kappa shape index (κ1) is 16.9. The summed E-state index contributed by atoms with van der Waals surface area (Å²) in [5.74, 6) is 0.744. The summed E-state index contributed by atoms with van der Waals surface area (Å²) in [6, 6.07) is 0. The van der Waals surface area contributed by atoms with Gasteiger partial charge in [-0.25, -0.2) is 0 Å². The van der Waals surface area contributed by atoms with Gasteiger partial charge in [0, 0.05) is 13.1 Å². The summed E-state index contributed by atoms with van der Waals surface area (Å²) in [5, 5.41) is 3.62. The van der Waals surface area contributed by atoms with Gasteiger partial charge in [-0.3, -0.25) is 0 Å². The lowest BCUT2D eigenvalue weighted by atomic mass is 9.86. The third kappa shape index (κ3) is 7.77. The van der Waals surface area contributed by atoms with Crippen LogP contribution < -0.4 is 5.32 Å². The van der Waals surface area contributed by atoms with Gasteiger partial charge < -0.3 is 10.2 Å². The fourth-order valence-corrected chi connectivity index (χ4v) is 2.16. The van der Waals surface area contributed by atoms with E-state index in [1.54, 1.807) is 0 Å². The van der Waals surface area contributed by atoms with E-state index < -0.39 is 0 Å². The molecule has 1 N–H and O–H groups in total. The standard InChI is InChI=1S/C15H34N2/c1-7-10-17(9-3)13-15(6,8-2)12-16-11-14(4)5/h14,16H,7-13H2,1-6H3. The molecular weight excluding hydrogens is 208 g/mol. The van der Waals surface area contributed by atoms with E-state index in [0.717, 1.165) is 19.0 Å². The molecule has 0 aliphatic carbocycles. The van der Waals surface area contributed by atoms with Crippen molar-refractivity contribution in [3.63, 3.8) is 0 Å². The second-order valence-corrected chi connectivity index (χ2v) is 6.06. The van der Waals surface area contributed by atoms with E-state index in [-0.39, 0.29) is 0 Å². The molecule has 0 aromatic rings. The normalized spacial score (nSPS) is 15.5. The molecule has 0 radical (unpaired) electrons. The van der Waals surface area contributed by atoms with Gasteiger partial charge in [0.25, 0.3) is 0 Å². The highest BCUT2D eigenvalue weighted by molar-refractivity contribution is 4.79. The van der Waals surface area contributed by atoms with E-state index in [2.05, 4.69) is 51.8 Å². The maximum Gasteiger partial charge on any atom is 0.00473 e. The average molecular weight is 242 g/mol. The van der Waals surface area contributed by atoms with Crippen LogP contribution in [0.4, 0.5) is 0 Å². The van der Waals surface area contributed by atoms with Gasteiger partial charge in [-0.1, -0.05) is 41.5 Å². The van der Waals surface area contributed by atoms with Gasteiger partial charge in [-0.15, -0.1) is 0 Å². The topological polar surface area (TPSA) is 15.3 Å². The van der Waals surface area contributed by atoms with Crippen molar-refractivity contribution in [1.82, 2.24) is 10.2 Å². The van der Waals surface area contributed by atoms with Crippen LogP contribution in [0.1, 0.15) is 54.4 Å². The van der Waals surface area contributed by atoms with Crippen molar-refractivity contribution in [3.8, 4) is 0 Å². The highest BCUT2D eigenvalue weighted by Crippen LogP contribution is 2.21. The van der Waals surface area contributed by atoms with Crippen LogP contribution in [0.2, 0.25) is 0 Å². The van der Waals surface area contributed by atoms with E-state index in [1.807, 2.05) is 0 Å². The zero-order chi connectivity index (χ0) is 13.3. The Morgan fingerprint density at radius 3 is 2.24 bits per heavy atom. The first-order chi connectivity index (χ1) is 7.97. The number of rotatable bonds is 10. The maximum atomic E-state index is 3.62. The van der Waals surface area contributed by atoms with Crippen LogP contribution in [0.15, 0.2) is 0 Å². The minimum absolute atomic E-state index is 0.417. The zero-order valence-corrected chi connectivity index (χ0v) is 13.0. The SMILES string of the molecule is CCCN(CC)CC(C)(CC)CNCC(C)C. The Morgan fingerprint density at radius 1 is 1.18 bits per heavy atom. The smallest absolute Gasteiger partial charge is 0.00473 e. The molecule has 0 aliphatic heterocycles. The van der Waals surface area contributed by atoms with Crippen molar-refractivity contribution in [1.29, 1.82) is 0 Å². The van der Waals surface area contributed by atoms with Crippen LogP contribution in [-0.4, -0.2) is 37.6 Å². The number of hydrogen-bond donors (Lipinski definition) is 1. The van der Waals surface area contributed by atoms with Crippen LogP contribution in [0.3, 0.4) is 0 Å². The highest BCUT2D eigenvalue weighted by Gasteiger charge is 2.24. The molecule has 1 unspecified atom stereocenters. The first-order valence-corrected chi connectivity index (χ1v) is 7.40. The Kier molecular flexibility index (Phi) is 8.89. The number of nitrogens with zero attached hydrogens (tertiary/aromatic N) is 1. The molecule has 0 aromatic carbocycles. The molecule has 0 fully saturated rings. The van der Waals surface area contributed by atoms with Gasteiger partial charge in [-0.05, 0) is 43.8 Å². The van der Waals surface area contributed by atoms with Gasteiger partial charge in [0.15, 0.2) is 0 Å². The second-order valence-electron chi connectivity index (χ2n) is 6.06. The average Bonchev–Trinajstić information content (AvgIpc) is 2.28. The van der Waals surface area contributed by atoms with Crippen LogP contribution in [0.25, 0.3) is 0 Å². The summed E-state index contributed by atoms with van der Waals surface area (Å²) in [7, 11) is 0. The minimum Gasteiger partial charge on any atom is -0.316 e. The van der Waals surface area contributed by atoms with E-state index in [4.69, 9.17) is 0 Å². The molecule has 0 heterocycles. The second kappa shape index (κ2) is 8.93. The molecule has 0 spiro atoms. The fourth-order valence-electron chi connectivity index (χ4n) is 2.16. The number of nitrogens with one attached hydrogen (secondary N) is 1. The van der Waals surface area contributed by atoms with E-state index >= 15 is 0 Å². The quantitative estimate of drug-likeness (QED) is 0.632. The Hall–Kier alpha value is -0.0800. The predicted molar refractivity (Wildman–Crippen MR) is 78.5 cm³/mol. The van der Waals surface area contributed by atoms with Crippen molar-refractivity contribution in [2.24, 2.45) is 11.3 Å². The molecule has 104 valence electrons. The lowest BCUT2D eigenvalue weighted by Gasteiger charge is -2.35. The number of hydrogen-bond acceptors (Lipinski definition) is 2. The van der Waals surface area contributed by atoms with E-state index in [1.165, 1.54) is 32.5 Å². The fraction of sp³-hybridized carbons (Fsp3) is 1.00. The molecule has 2 heteroatoms. The molecule has 0 rings (SSSR count). The highest BCUT2D eigenvalue weighted by atomic mass is 15.1. The lowest BCUT2D eigenvalue weighted by Crippen LogP contribution is -2.43. The third-order valence-electron chi connectivity index (χ3n) is 3.55. The van der Waals surface area contributed by atoms with Crippen molar-refractivity contribution < 1.29 is 0 Å². The molecule has 0 amide bonds. The Labute approximate surface area is 109 Å². The van der Waals surface area contributed by atoms with Gasteiger partial charge >= 0.3 is 0 Å². The Bertz CT molecular complexity index is 180. The molecule has 0 aliphatic rings. The molecule has 1 atom stereocenters. The van der Waals surface area contributed by atoms with Crippen LogP contribution >= 0.6 is 0 Å². The first-order valence-electron chi connectivity index (χ1n) is 7.40. The van der Waals surface area contributed by atoms with E-state index in [0.29, 0.717) is 5.41 Å². The van der Waals surface area contributed by atoms with Crippen molar-refractivity contribution in [2.45, 2.75) is 54.4 Å². The molecule has 0 aromatic heterocycles. The summed E-state index contributed by atoms with van der Waals surface area (Å²) < 4.78 is 0. The van der Waals surface area contributed by atoms with Gasteiger partial charge in [0.2, 0.25) is 0 Å². The molecule has 17 heavy (non-hydrogen) atoms. The van der Waals surface area contributed by atoms with Gasteiger partial charge in [0.1, 0.15) is 0 Å². The predicted octanol–water partition coefficient (Wildman–Crippen LogP) is 3.38. The molecular formula is C15H34N2. The summed E-state index contributed by atoms with van der Waals surface area (Å²) >= 11 is 0. The van der Waals surface area contributed by atoms with Crippen molar-refractivity contribution in [3.05, 3.63) is 0 Å². The van der Waals surface area contributed by atoms with Crippen LogP contribution in [0.5, 0.6) is 0 Å². The minimum atomic E-state index is 0.417. The molecule has 0 saturated heterocycles. The van der Waals surface area contributed by atoms with Crippen LogP contribution in [-0.2, 0) is 0 Å².